The largest absolute Gasteiger partial charge is 0.371 e. The van der Waals surface area contributed by atoms with E-state index in [-0.39, 0.29) is 11.6 Å². The van der Waals surface area contributed by atoms with E-state index in [1.54, 1.807) is 24.5 Å². The highest BCUT2D eigenvalue weighted by molar-refractivity contribution is 6.00. The van der Waals surface area contributed by atoms with Gasteiger partial charge in [-0.2, -0.15) is 0 Å². The Hall–Kier alpha value is -3.27. The number of piperidine rings is 1. The first-order valence-electron chi connectivity index (χ1n) is 11.2. The number of nitrogens with one attached hydrogen (secondary N) is 1. The number of rotatable bonds is 7. The molecule has 2 aromatic rings. The monoisotopic (exact) mass is 439 g/mol. The number of anilines is 2. The van der Waals surface area contributed by atoms with Gasteiger partial charge >= 0.3 is 0 Å². The maximum absolute atomic E-state index is 13.0. The highest BCUT2D eigenvalue weighted by atomic mass is 16.6. The Balaban J connectivity index is 1.32. The SMILES string of the molecule is O=C(NCCN1CCN(c2ncccn2)CC1)c1cc([N+](=O)[O-])ccc1N1CCCCC1. The second-order valence-corrected chi connectivity index (χ2v) is 8.14. The molecule has 170 valence electrons. The van der Waals surface area contributed by atoms with Crippen molar-refractivity contribution in [3.8, 4) is 0 Å². The molecule has 0 atom stereocenters. The molecule has 4 rings (SSSR count). The Kier molecular flexibility index (Phi) is 7.10. The minimum absolute atomic E-state index is 0.0600. The van der Waals surface area contributed by atoms with E-state index in [0.717, 1.165) is 70.3 Å². The van der Waals surface area contributed by atoms with Crippen molar-refractivity contribution < 1.29 is 9.72 Å². The number of amides is 1. The summed E-state index contributed by atoms with van der Waals surface area (Å²) in [7, 11) is 0. The van der Waals surface area contributed by atoms with Gasteiger partial charge in [0.05, 0.1) is 16.2 Å². The molecule has 1 amide bonds. The number of non-ortho nitro benzene ring substituents is 1. The molecular weight excluding hydrogens is 410 g/mol. The second-order valence-electron chi connectivity index (χ2n) is 8.14. The lowest BCUT2D eigenvalue weighted by atomic mass is 10.1. The molecule has 0 aliphatic carbocycles. The molecule has 10 nitrogen and oxygen atoms in total. The zero-order chi connectivity index (χ0) is 22.3. The molecule has 2 saturated heterocycles. The van der Waals surface area contributed by atoms with Crippen LogP contribution in [0.1, 0.15) is 29.6 Å². The molecule has 0 bridgehead atoms. The third-order valence-electron chi connectivity index (χ3n) is 6.05. The first kappa shape index (κ1) is 21.9. The summed E-state index contributed by atoms with van der Waals surface area (Å²) in [4.78, 5) is 39.0. The van der Waals surface area contributed by atoms with Crippen LogP contribution in [0, 0.1) is 10.1 Å². The van der Waals surface area contributed by atoms with Crippen LogP contribution in [-0.4, -0.2) is 78.1 Å². The summed E-state index contributed by atoms with van der Waals surface area (Å²) in [6.07, 6.45) is 6.80. The zero-order valence-corrected chi connectivity index (χ0v) is 18.2. The van der Waals surface area contributed by atoms with Crippen LogP contribution in [0.15, 0.2) is 36.7 Å². The summed E-state index contributed by atoms with van der Waals surface area (Å²) in [5.74, 6) is 0.488. The maximum Gasteiger partial charge on any atom is 0.270 e. The van der Waals surface area contributed by atoms with E-state index in [0.29, 0.717) is 12.1 Å². The Morgan fingerprint density at radius 2 is 1.72 bits per heavy atom. The fourth-order valence-electron chi connectivity index (χ4n) is 4.28. The van der Waals surface area contributed by atoms with Gasteiger partial charge in [0.1, 0.15) is 0 Å². The summed E-state index contributed by atoms with van der Waals surface area (Å²) < 4.78 is 0. The van der Waals surface area contributed by atoms with E-state index >= 15 is 0 Å². The molecule has 0 spiro atoms. The fourth-order valence-corrected chi connectivity index (χ4v) is 4.28. The lowest BCUT2D eigenvalue weighted by Gasteiger charge is -2.34. The van der Waals surface area contributed by atoms with Crippen LogP contribution in [0.3, 0.4) is 0 Å². The number of carbonyl (C=O) groups is 1. The molecule has 32 heavy (non-hydrogen) atoms. The first-order chi connectivity index (χ1) is 15.6. The van der Waals surface area contributed by atoms with Crippen molar-refractivity contribution in [2.45, 2.75) is 19.3 Å². The molecule has 0 saturated carbocycles. The van der Waals surface area contributed by atoms with E-state index < -0.39 is 4.92 Å². The van der Waals surface area contributed by atoms with E-state index in [1.165, 1.54) is 18.6 Å². The Bertz CT molecular complexity index is 926. The van der Waals surface area contributed by atoms with Crippen LogP contribution < -0.4 is 15.1 Å². The average molecular weight is 440 g/mol. The number of piperazine rings is 1. The first-order valence-corrected chi connectivity index (χ1v) is 11.2. The van der Waals surface area contributed by atoms with Crippen LogP contribution in [0.4, 0.5) is 17.3 Å². The van der Waals surface area contributed by atoms with Gasteiger partial charge in [-0.25, -0.2) is 9.97 Å². The van der Waals surface area contributed by atoms with Crippen molar-refractivity contribution >= 4 is 23.2 Å². The minimum atomic E-state index is -0.452. The van der Waals surface area contributed by atoms with Crippen LogP contribution >= 0.6 is 0 Å². The van der Waals surface area contributed by atoms with Gasteiger partial charge in [-0.15, -0.1) is 0 Å². The quantitative estimate of drug-likeness (QED) is 0.515. The average Bonchev–Trinajstić information content (AvgIpc) is 2.85. The van der Waals surface area contributed by atoms with E-state index in [2.05, 4.69) is 30.0 Å². The molecule has 2 aliphatic rings. The van der Waals surface area contributed by atoms with Crippen LogP contribution in [-0.2, 0) is 0 Å². The van der Waals surface area contributed by atoms with Crippen molar-refractivity contribution in [3.63, 3.8) is 0 Å². The molecule has 1 aromatic heterocycles. The Morgan fingerprint density at radius 3 is 2.41 bits per heavy atom. The third kappa shape index (κ3) is 5.31. The van der Waals surface area contributed by atoms with E-state index in [4.69, 9.17) is 0 Å². The molecule has 1 N–H and O–H groups in total. The lowest BCUT2D eigenvalue weighted by molar-refractivity contribution is -0.384. The summed E-state index contributed by atoms with van der Waals surface area (Å²) in [5.41, 5.74) is 1.10. The Morgan fingerprint density at radius 1 is 1.00 bits per heavy atom. The van der Waals surface area contributed by atoms with Gasteiger partial charge in [-0.3, -0.25) is 19.8 Å². The molecule has 1 aromatic carbocycles. The summed E-state index contributed by atoms with van der Waals surface area (Å²) in [5, 5.41) is 14.2. The molecule has 2 aliphatic heterocycles. The highest BCUT2D eigenvalue weighted by Crippen LogP contribution is 2.28. The highest BCUT2D eigenvalue weighted by Gasteiger charge is 2.23. The predicted octanol–water partition coefficient (Wildman–Crippen LogP) is 1.93. The standard InChI is InChI=1S/C22H29N7O3/c30-21(19-17-18(29(31)32)5-6-20(19)27-10-2-1-3-11-27)23-9-12-26-13-15-28(16-14-26)22-24-7-4-8-25-22/h4-8,17H,1-3,9-16H2,(H,23,30). The topological polar surface area (TPSA) is 108 Å². The third-order valence-corrected chi connectivity index (χ3v) is 6.05. The van der Waals surface area contributed by atoms with Gasteiger partial charge in [-0.05, 0) is 31.4 Å². The molecule has 3 heterocycles. The number of carbonyl (C=O) groups excluding carboxylic acids is 1. The van der Waals surface area contributed by atoms with Gasteiger partial charge < -0.3 is 15.1 Å². The number of hydrogen-bond acceptors (Lipinski definition) is 8. The van der Waals surface area contributed by atoms with Gasteiger partial charge in [0.15, 0.2) is 0 Å². The molecule has 0 unspecified atom stereocenters. The lowest BCUT2D eigenvalue weighted by Crippen LogP contribution is -2.49. The smallest absolute Gasteiger partial charge is 0.270 e. The van der Waals surface area contributed by atoms with Gasteiger partial charge in [-0.1, -0.05) is 0 Å². The number of nitro groups is 1. The van der Waals surface area contributed by atoms with Gasteiger partial charge in [0.25, 0.3) is 11.6 Å². The zero-order valence-electron chi connectivity index (χ0n) is 18.2. The number of aromatic nitrogens is 2. The summed E-state index contributed by atoms with van der Waals surface area (Å²) >= 11 is 0. The van der Waals surface area contributed by atoms with Crippen molar-refractivity contribution in [2.24, 2.45) is 0 Å². The molecule has 0 radical (unpaired) electrons. The number of nitro benzene ring substituents is 1. The van der Waals surface area contributed by atoms with E-state index in [9.17, 15) is 14.9 Å². The van der Waals surface area contributed by atoms with Crippen molar-refractivity contribution in [1.29, 1.82) is 0 Å². The summed E-state index contributed by atoms with van der Waals surface area (Å²) in [6, 6.07) is 6.40. The van der Waals surface area contributed by atoms with Crippen LogP contribution in [0.25, 0.3) is 0 Å². The number of benzene rings is 1. The maximum atomic E-state index is 13.0. The molecular formula is C22H29N7O3. The van der Waals surface area contributed by atoms with Crippen molar-refractivity contribution in [1.82, 2.24) is 20.2 Å². The molecule has 2 fully saturated rings. The summed E-state index contributed by atoms with van der Waals surface area (Å²) in [6.45, 7) is 6.35. The van der Waals surface area contributed by atoms with Gasteiger partial charge in [0, 0.05) is 76.9 Å². The number of hydrogen-bond donors (Lipinski definition) is 1. The van der Waals surface area contributed by atoms with Crippen LogP contribution in [0.5, 0.6) is 0 Å². The predicted molar refractivity (Wildman–Crippen MR) is 122 cm³/mol. The Labute approximate surface area is 187 Å². The minimum Gasteiger partial charge on any atom is -0.371 e. The molecule has 10 heteroatoms. The van der Waals surface area contributed by atoms with E-state index in [1.807, 2.05) is 0 Å². The number of nitrogens with zero attached hydrogens (tertiary/aromatic N) is 6. The van der Waals surface area contributed by atoms with Crippen LogP contribution in [0.2, 0.25) is 0 Å². The normalized spacial score (nSPS) is 17.2. The second kappa shape index (κ2) is 10.4. The fraction of sp³-hybridized carbons (Fsp3) is 0.500. The van der Waals surface area contributed by atoms with Crippen molar-refractivity contribution in [2.75, 3.05) is 62.2 Å². The van der Waals surface area contributed by atoms with Gasteiger partial charge in [0.2, 0.25) is 5.95 Å². The van der Waals surface area contributed by atoms with Crippen molar-refractivity contribution in [3.05, 3.63) is 52.3 Å².